The standard InChI is InChI=1S/C12H12N2O2/c1-9-5-2-3-6-10(9)13-12(15)14-11-7-4-8-16-11/h2-8H,1H3,(H2,13,14,15). The Balaban J connectivity index is 2.00. The Labute approximate surface area is 93.3 Å². The predicted molar refractivity (Wildman–Crippen MR) is 62.5 cm³/mol. The molecule has 2 N–H and O–H groups in total. The number of anilines is 2. The molecule has 0 aliphatic carbocycles. The first-order valence-corrected chi connectivity index (χ1v) is 4.93. The molecule has 0 saturated carbocycles. The number of carbonyl (C=O) groups excluding carboxylic acids is 1. The average Bonchev–Trinajstić information content (AvgIpc) is 2.74. The maximum atomic E-state index is 11.5. The number of carbonyl (C=O) groups is 1. The van der Waals surface area contributed by atoms with Crippen molar-refractivity contribution in [3.8, 4) is 0 Å². The third-order valence-corrected chi connectivity index (χ3v) is 2.15. The van der Waals surface area contributed by atoms with Gasteiger partial charge in [0.2, 0.25) is 5.88 Å². The van der Waals surface area contributed by atoms with E-state index in [1.807, 2.05) is 31.2 Å². The molecular formula is C12H12N2O2. The zero-order valence-corrected chi connectivity index (χ0v) is 8.86. The summed E-state index contributed by atoms with van der Waals surface area (Å²) in [7, 11) is 0. The molecule has 1 aromatic heterocycles. The van der Waals surface area contributed by atoms with Crippen molar-refractivity contribution in [2.75, 3.05) is 10.6 Å². The van der Waals surface area contributed by atoms with Gasteiger partial charge in [-0.2, -0.15) is 0 Å². The van der Waals surface area contributed by atoms with Crippen LogP contribution in [0.25, 0.3) is 0 Å². The fourth-order valence-corrected chi connectivity index (χ4v) is 1.33. The van der Waals surface area contributed by atoms with Gasteiger partial charge in [0.05, 0.1) is 6.26 Å². The molecule has 82 valence electrons. The molecule has 2 amide bonds. The van der Waals surface area contributed by atoms with Crippen molar-refractivity contribution < 1.29 is 9.21 Å². The number of benzene rings is 1. The Kier molecular flexibility index (Phi) is 2.91. The second-order valence-electron chi connectivity index (χ2n) is 3.37. The number of amides is 2. The number of nitrogens with one attached hydrogen (secondary N) is 2. The number of hydrogen-bond donors (Lipinski definition) is 2. The molecule has 2 rings (SSSR count). The highest BCUT2D eigenvalue weighted by molar-refractivity contribution is 5.99. The van der Waals surface area contributed by atoms with Gasteiger partial charge in [-0.25, -0.2) is 4.79 Å². The van der Waals surface area contributed by atoms with E-state index in [0.29, 0.717) is 5.88 Å². The van der Waals surface area contributed by atoms with E-state index in [1.54, 1.807) is 12.1 Å². The SMILES string of the molecule is Cc1ccccc1NC(=O)Nc1ccco1. The highest BCUT2D eigenvalue weighted by Gasteiger charge is 2.05. The van der Waals surface area contributed by atoms with Crippen molar-refractivity contribution in [1.29, 1.82) is 0 Å². The van der Waals surface area contributed by atoms with Gasteiger partial charge in [-0.3, -0.25) is 5.32 Å². The minimum Gasteiger partial charge on any atom is -0.449 e. The van der Waals surface area contributed by atoms with E-state index in [4.69, 9.17) is 4.42 Å². The highest BCUT2D eigenvalue weighted by atomic mass is 16.3. The Morgan fingerprint density at radius 1 is 1.12 bits per heavy atom. The fourth-order valence-electron chi connectivity index (χ4n) is 1.33. The molecule has 0 atom stereocenters. The normalized spacial score (nSPS) is 9.81. The van der Waals surface area contributed by atoms with E-state index in [9.17, 15) is 4.79 Å². The molecule has 0 radical (unpaired) electrons. The lowest BCUT2D eigenvalue weighted by Crippen LogP contribution is -2.19. The predicted octanol–water partition coefficient (Wildman–Crippen LogP) is 3.23. The molecule has 4 nitrogen and oxygen atoms in total. The molecule has 0 spiro atoms. The van der Waals surface area contributed by atoms with Crippen LogP contribution in [0.15, 0.2) is 47.1 Å². The molecule has 0 unspecified atom stereocenters. The first-order chi connectivity index (χ1) is 7.75. The van der Waals surface area contributed by atoms with Crippen LogP contribution in [0.4, 0.5) is 16.4 Å². The smallest absolute Gasteiger partial charge is 0.326 e. The summed E-state index contributed by atoms with van der Waals surface area (Å²) in [6, 6.07) is 10.6. The van der Waals surface area contributed by atoms with Crippen LogP contribution in [0.1, 0.15) is 5.56 Å². The van der Waals surface area contributed by atoms with Gasteiger partial charge < -0.3 is 9.73 Å². The van der Waals surface area contributed by atoms with E-state index in [-0.39, 0.29) is 6.03 Å². The number of urea groups is 1. The zero-order chi connectivity index (χ0) is 11.4. The van der Waals surface area contributed by atoms with Gasteiger partial charge in [0.1, 0.15) is 0 Å². The topological polar surface area (TPSA) is 54.3 Å². The van der Waals surface area contributed by atoms with Crippen LogP contribution in [0.5, 0.6) is 0 Å². The van der Waals surface area contributed by atoms with Crippen LogP contribution in [-0.2, 0) is 0 Å². The molecule has 0 saturated heterocycles. The van der Waals surface area contributed by atoms with Crippen molar-refractivity contribution in [3.05, 3.63) is 48.2 Å². The third kappa shape index (κ3) is 2.42. The second-order valence-corrected chi connectivity index (χ2v) is 3.37. The molecule has 2 aromatic rings. The van der Waals surface area contributed by atoms with Crippen LogP contribution >= 0.6 is 0 Å². The lowest BCUT2D eigenvalue weighted by atomic mass is 10.2. The van der Waals surface area contributed by atoms with E-state index < -0.39 is 0 Å². The maximum Gasteiger partial charge on any atom is 0.326 e. The average molecular weight is 216 g/mol. The number of rotatable bonds is 2. The van der Waals surface area contributed by atoms with Gasteiger partial charge in [-0.1, -0.05) is 18.2 Å². The summed E-state index contributed by atoms with van der Waals surface area (Å²) in [5, 5.41) is 5.32. The number of para-hydroxylation sites is 1. The maximum absolute atomic E-state index is 11.5. The summed E-state index contributed by atoms with van der Waals surface area (Å²) in [6.45, 7) is 1.93. The highest BCUT2D eigenvalue weighted by Crippen LogP contribution is 2.14. The van der Waals surface area contributed by atoms with Crippen LogP contribution in [0.2, 0.25) is 0 Å². The molecule has 0 fully saturated rings. The summed E-state index contributed by atoms with van der Waals surface area (Å²) in [4.78, 5) is 11.5. The largest absolute Gasteiger partial charge is 0.449 e. The fraction of sp³-hybridized carbons (Fsp3) is 0.0833. The third-order valence-electron chi connectivity index (χ3n) is 2.15. The van der Waals surface area contributed by atoms with Gasteiger partial charge in [-0.05, 0) is 24.6 Å². The molecule has 0 bridgehead atoms. The van der Waals surface area contributed by atoms with Crippen LogP contribution in [0.3, 0.4) is 0 Å². The van der Waals surface area contributed by atoms with Gasteiger partial charge in [0.25, 0.3) is 0 Å². The molecule has 1 aromatic carbocycles. The summed E-state index contributed by atoms with van der Waals surface area (Å²) in [6.07, 6.45) is 1.50. The number of hydrogen-bond acceptors (Lipinski definition) is 2. The van der Waals surface area contributed by atoms with Crippen LogP contribution < -0.4 is 10.6 Å². The van der Waals surface area contributed by atoms with Crippen molar-refractivity contribution in [1.82, 2.24) is 0 Å². The Bertz CT molecular complexity index is 478. The molecule has 4 heteroatoms. The molecule has 1 heterocycles. The van der Waals surface area contributed by atoms with Crippen LogP contribution in [0, 0.1) is 6.92 Å². The first kappa shape index (κ1) is 10.3. The van der Waals surface area contributed by atoms with Crippen LogP contribution in [-0.4, -0.2) is 6.03 Å². The van der Waals surface area contributed by atoms with E-state index in [0.717, 1.165) is 11.3 Å². The molecular weight excluding hydrogens is 204 g/mol. The van der Waals surface area contributed by atoms with Crippen molar-refractivity contribution in [3.63, 3.8) is 0 Å². The minimum atomic E-state index is -0.316. The summed E-state index contributed by atoms with van der Waals surface area (Å²) in [5.74, 6) is 0.422. The summed E-state index contributed by atoms with van der Waals surface area (Å²) >= 11 is 0. The zero-order valence-electron chi connectivity index (χ0n) is 8.86. The van der Waals surface area contributed by atoms with Crippen molar-refractivity contribution >= 4 is 17.6 Å². The summed E-state index contributed by atoms with van der Waals surface area (Å²) in [5.41, 5.74) is 1.80. The van der Waals surface area contributed by atoms with Gasteiger partial charge >= 0.3 is 6.03 Å². The van der Waals surface area contributed by atoms with E-state index >= 15 is 0 Å². The Morgan fingerprint density at radius 3 is 2.62 bits per heavy atom. The lowest BCUT2D eigenvalue weighted by molar-refractivity contribution is 0.261. The second kappa shape index (κ2) is 4.53. The Hall–Kier alpha value is -2.23. The van der Waals surface area contributed by atoms with Gasteiger partial charge in [0, 0.05) is 11.8 Å². The summed E-state index contributed by atoms with van der Waals surface area (Å²) < 4.78 is 5.00. The molecule has 0 aliphatic heterocycles. The Morgan fingerprint density at radius 2 is 1.94 bits per heavy atom. The van der Waals surface area contributed by atoms with Gasteiger partial charge in [0.15, 0.2) is 0 Å². The first-order valence-electron chi connectivity index (χ1n) is 4.93. The quantitative estimate of drug-likeness (QED) is 0.809. The lowest BCUT2D eigenvalue weighted by Gasteiger charge is -2.07. The minimum absolute atomic E-state index is 0.316. The monoisotopic (exact) mass is 216 g/mol. The van der Waals surface area contributed by atoms with Crippen molar-refractivity contribution in [2.24, 2.45) is 0 Å². The van der Waals surface area contributed by atoms with Crippen molar-refractivity contribution in [2.45, 2.75) is 6.92 Å². The number of furan rings is 1. The van der Waals surface area contributed by atoms with Gasteiger partial charge in [-0.15, -0.1) is 0 Å². The number of aryl methyl sites for hydroxylation is 1. The van der Waals surface area contributed by atoms with E-state index in [2.05, 4.69) is 10.6 Å². The molecule has 0 aliphatic rings. The van der Waals surface area contributed by atoms with E-state index in [1.165, 1.54) is 6.26 Å². The molecule has 16 heavy (non-hydrogen) atoms.